The van der Waals surface area contributed by atoms with Crippen LogP contribution in [0.15, 0.2) is 36.7 Å². The van der Waals surface area contributed by atoms with Crippen molar-refractivity contribution >= 4 is 0 Å². The van der Waals surface area contributed by atoms with Crippen LogP contribution in [-0.4, -0.2) is 30.7 Å². The van der Waals surface area contributed by atoms with Crippen LogP contribution in [-0.2, 0) is 6.42 Å². The Labute approximate surface area is 125 Å². The minimum atomic E-state index is 0.0621. The molecule has 1 N–H and O–H groups in total. The molecule has 0 saturated heterocycles. The van der Waals surface area contributed by atoms with Crippen LogP contribution in [0.5, 0.6) is 11.6 Å². The van der Waals surface area contributed by atoms with Gasteiger partial charge in [0, 0.05) is 12.4 Å². The van der Waals surface area contributed by atoms with Gasteiger partial charge in [-0.05, 0) is 30.7 Å². The molecule has 2 rings (SSSR count). The van der Waals surface area contributed by atoms with Gasteiger partial charge in [0.2, 0.25) is 5.88 Å². The van der Waals surface area contributed by atoms with Gasteiger partial charge in [0.15, 0.2) is 0 Å². The highest BCUT2D eigenvalue weighted by atomic mass is 16.5. The molecule has 0 radical (unpaired) electrons. The van der Waals surface area contributed by atoms with Crippen molar-refractivity contribution in [1.29, 1.82) is 0 Å². The van der Waals surface area contributed by atoms with Crippen molar-refractivity contribution in [2.75, 3.05) is 20.8 Å². The van der Waals surface area contributed by atoms with E-state index in [4.69, 9.17) is 9.47 Å². The zero-order valence-corrected chi connectivity index (χ0v) is 12.7. The molecule has 1 atom stereocenters. The van der Waals surface area contributed by atoms with Crippen molar-refractivity contribution in [2.45, 2.75) is 19.4 Å². The Morgan fingerprint density at radius 2 is 1.76 bits per heavy atom. The summed E-state index contributed by atoms with van der Waals surface area (Å²) >= 11 is 0. The maximum Gasteiger partial charge on any atom is 0.237 e. The van der Waals surface area contributed by atoms with Gasteiger partial charge in [0.25, 0.3) is 0 Å². The molecule has 5 heteroatoms. The van der Waals surface area contributed by atoms with Crippen LogP contribution in [0.1, 0.15) is 24.2 Å². The highest BCUT2D eigenvalue weighted by Gasteiger charge is 2.18. The largest absolute Gasteiger partial charge is 0.497 e. The SMILES string of the molecule is CCNC(Cc1ccc(OC)cc1)c1nccnc1OC. The van der Waals surface area contributed by atoms with Crippen molar-refractivity contribution in [2.24, 2.45) is 0 Å². The van der Waals surface area contributed by atoms with E-state index in [2.05, 4.69) is 34.3 Å². The molecule has 112 valence electrons. The number of nitrogens with zero attached hydrogens (tertiary/aromatic N) is 2. The topological polar surface area (TPSA) is 56.3 Å². The number of nitrogens with one attached hydrogen (secondary N) is 1. The number of methoxy groups -OCH3 is 2. The normalized spacial score (nSPS) is 12.0. The first-order valence-electron chi connectivity index (χ1n) is 6.99. The van der Waals surface area contributed by atoms with Gasteiger partial charge in [-0.1, -0.05) is 19.1 Å². The molecule has 1 unspecified atom stereocenters. The molecule has 2 aromatic rings. The van der Waals surface area contributed by atoms with Gasteiger partial charge < -0.3 is 14.8 Å². The molecule has 0 bridgehead atoms. The second-order valence-corrected chi connectivity index (χ2v) is 4.61. The average Bonchev–Trinajstić information content (AvgIpc) is 2.55. The Balaban J connectivity index is 2.21. The number of hydrogen-bond acceptors (Lipinski definition) is 5. The van der Waals surface area contributed by atoms with Crippen molar-refractivity contribution in [3.8, 4) is 11.6 Å². The summed E-state index contributed by atoms with van der Waals surface area (Å²) in [5.74, 6) is 1.42. The lowest BCUT2D eigenvalue weighted by Gasteiger charge is -2.19. The van der Waals surface area contributed by atoms with E-state index in [1.54, 1.807) is 26.6 Å². The van der Waals surface area contributed by atoms with Crippen LogP contribution in [0.25, 0.3) is 0 Å². The lowest BCUT2D eigenvalue weighted by Crippen LogP contribution is -2.24. The molecule has 0 aliphatic rings. The van der Waals surface area contributed by atoms with Crippen molar-refractivity contribution in [3.63, 3.8) is 0 Å². The number of rotatable bonds is 7. The summed E-state index contributed by atoms with van der Waals surface area (Å²) in [7, 11) is 3.28. The average molecular weight is 287 g/mol. The number of likely N-dealkylation sites (N-methyl/N-ethyl adjacent to an activating group) is 1. The predicted octanol–water partition coefficient (Wildman–Crippen LogP) is 2.39. The quantitative estimate of drug-likeness (QED) is 0.847. The summed E-state index contributed by atoms with van der Waals surface area (Å²) in [5, 5.41) is 3.44. The van der Waals surface area contributed by atoms with Crippen molar-refractivity contribution in [1.82, 2.24) is 15.3 Å². The van der Waals surface area contributed by atoms with Gasteiger partial charge in [-0.15, -0.1) is 0 Å². The first-order chi connectivity index (χ1) is 10.3. The van der Waals surface area contributed by atoms with Crippen molar-refractivity contribution < 1.29 is 9.47 Å². The summed E-state index contributed by atoms with van der Waals surface area (Å²) in [5.41, 5.74) is 2.03. The fourth-order valence-corrected chi connectivity index (χ4v) is 2.24. The molecule has 5 nitrogen and oxygen atoms in total. The van der Waals surface area contributed by atoms with E-state index in [1.165, 1.54) is 5.56 Å². The Morgan fingerprint density at radius 3 is 2.38 bits per heavy atom. The second-order valence-electron chi connectivity index (χ2n) is 4.61. The summed E-state index contributed by atoms with van der Waals surface area (Å²) in [4.78, 5) is 8.65. The molecular formula is C16H21N3O2. The molecule has 0 spiro atoms. The number of benzene rings is 1. The van der Waals surface area contributed by atoms with Crippen LogP contribution in [0.4, 0.5) is 0 Å². The number of ether oxygens (including phenoxy) is 2. The Bertz CT molecular complexity index is 558. The van der Waals surface area contributed by atoms with E-state index in [0.29, 0.717) is 5.88 Å². The Morgan fingerprint density at radius 1 is 1.05 bits per heavy atom. The highest BCUT2D eigenvalue weighted by Crippen LogP contribution is 2.24. The third-order valence-corrected chi connectivity index (χ3v) is 3.26. The van der Waals surface area contributed by atoms with Gasteiger partial charge in [0.1, 0.15) is 11.4 Å². The molecule has 0 amide bonds. The fourth-order valence-electron chi connectivity index (χ4n) is 2.24. The van der Waals surface area contributed by atoms with E-state index < -0.39 is 0 Å². The molecule has 0 saturated carbocycles. The van der Waals surface area contributed by atoms with E-state index in [9.17, 15) is 0 Å². The Kier molecular flexibility index (Phi) is 5.51. The van der Waals surface area contributed by atoms with Crippen LogP contribution >= 0.6 is 0 Å². The maximum atomic E-state index is 5.31. The molecule has 1 heterocycles. The molecule has 0 aliphatic heterocycles. The third-order valence-electron chi connectivity index (χ3n) is 3.26. The van der Waals surface area contributed by atoms with Crippen LogP contribution < -0.4 is 14.8 Å². The zero-order valence-electron chi connectivity index (χ0n) is 12.7. The summed E-state index contributed by atoms with van der Waals surface area (Å²) < 4.78 is 10.5. The first-order valence-corrected chi connectivity index (χ1v) is 6.99. The molecule has 1 aromatic heterocycles. The van der Waals surface area contributed by atoms with Gasteiger partial charge in [-0.3, -0.25) is 4.98 Å². The molecule has 21 heavy (non-hydrogen) atoms. The smallest absolute Gasteiger partial charge is 0.237 e. The van der Waals surface area contributed by atoms with E-state index in [0.717, 1.165) is 24.4 Å². The summed E-state index contributed by atoms with van der Waals surface area (Å²) in [6.07, 6.45) is 4.14. The van der Waals surface area contributed by atoms with Gasteiger partial charge in [0.05, 0.1) is 20.3 Å². The lowest BCUT2D eigenvalue weighted by atomic mass is 10.0. The van der Waals surface area contributed by atoms with Crippen LogP contribution in [0.3, 0.4) is 0 Å². The standard InChI is InChI=1S/C16H21N3O2/c1-4-17-14(15-16(21-3)19-10-9-18-15)11-12-5-7-13(20-2)8-6-12/h5-10,14,17H,4,11H2,1-3H3. The molecule has 0 aliphatic carbocycles. The molecule has 0 fully saturated rings. The first kappa shape index (κ1) is 15.3. The number of aromatic nitrogens is 2. The number of hydrogen-bond donors (Lipinski definition) is 1. The van der Waals surface area contributed by atoms with Gasteiger partial charge in [-0.2, -0.15) is 0 Å². The van der Waals surface area contributed by atoms with Crippen LogP contribution in [0.2, 0.25) is 0 Å². The summed E-state index contributed by atoms with van der Waals surface area (Å²) in [6, 6.07) is 8.11. The Hall–Kier alpha value is -2.14. The van der Waals surface area contributed by atoms with E-state index in [1.807, 2.05) is 12.1 Å². The maximum absolute atomic E-state index is 5.31. The predicted molar refractivity (Wildman–Crippen MR) is 81.7 cm³/mol. The second kappa shape index (κ2) is 7.59. The van der Waals surface area contributed by atoms with Gasteiger partial charge in [-0.25, -0.2) is 4.98 Å². The van der Waals surface area contributed by atoms with E-state index >= 15 is 0 Å². The minimum absolute atomic E-state index is 0.0621. The zero-order chi connectivity index (χ0) is 15.1. The highest BCUT2D eigenvalue weighted by molar-refractivity contribution is 5.30. The summed E-state index contributed by atoms with van der Waals surface area (Å²) in [6.45, 7) is 2.92. The van der Waals surface area contributed by atoms with Gasteiger partial charge >= 0.3 is 0 Å². The van der Waals surface area contributed by atoms with Crippen molar-refractivity contribution in [3.05, 3.63) is 47.9 Å². The van der Waals surface area contributed by atoms with Crippen LogP contribution in [0, 0.1) is 0 Å². The minimum Gasteiger partial charge on any atom is -0.497 e. The molecular weight excluding hydrogens is 266 g/mol. The van der Waals surface area contributed by atoms with E-state index in [-0.39, 0.29) is 6.04 Å². The monoisotopic (exact) mass is 287 g/mol. The lowest BCUT2D eigenvalue weighted by molar-refractivity contribution is 0.377. The third kappa shape index (κ3) is 3.92. The molecule has 1 aromatic carbocycles. The fraction of sp³-hybridized carbons (Fsp3) is 0.375.